The van der Waals surface area contributed by atoms with Gasteiger partial charge in [-0.3, -0.25) is 4.79 Å². The maximum absolute atomic E-state index is 15.2. The van der Waals surface area contributed by atoms with E-state index in [1.54, 1.807) is 79.8 Å². The molecule has 0 aromatic heterocycles. The van der Waals surface area contributed by atoms with Crippen molar-refractivity contribution in [3.63, 3.8) is 0 Å². The van der Waals surface area contributed by atoms with Crippen LogP contribution in [0.5, 0.6) is 0 Å². The number of nitrogens with one attached hydrogen (secondary N) is 1. The SMILES string of the molecule is CCOCO[C@@H]1[C@H](O[S+](=O)(O)C(F)(F)C(F)(F)OC(F)(F)C(F)(F)CCCCC(=O)NCC2=C/C=C\C=C/C=C\2)[C@H](OC)O[C@@H]2COC(c3ccccc3)O[C@@H]12. The van der Waals surface area contributed by atoms with Crippen LogP contribution >= 0.6 is 0 Å². The van der Waals surface area contributed by atoms with E-state index in [1.807, 2.05) is 0 Å². The molecule has 0 radical (unpaired) electrons. The number of hydrogen-bond acceptors (Lipinski definition) is 10. The number of alkyl halides is 8. The summed E-state index contributed by atoms with van der Waals surface area (Å²) in [7, 11) is -5.93. The molecule has 0 saturated carbocycles. The quantitative estimate of drug-likeness (QED) is 0.0618. The molecule has 1 aliphatic carbocycles. The second-order valence-corrected chi connectivity index (χ2v) is 14.1. The van der Waals surface area contributed by atoms with E-state index < -0.39 is 109 Å². The normalized spacial score (nSPS) is 28.4. The first kappa shape index (κ1) is 45.6. The van der Waals surface area contributed by atoms with Crippen molar-refractivity contribution in [3.05, 3.63) is 84.0 Å². The summed E-state index contributed by atoms with van der Waals surface area (Å²) in [5.41, 5.74) is 1.14. The van der Waals surface area contributed by atoms with Crippen molar-refractivity contribution in [2.24, 2.45) is 0 Å². The minimum Gasteiger partial charge on any atom is -0.356 e. The molecule has 0 bridgehead atoms. The summed E-state index contributed by atoms with van der Waals surface area (Å²) in [6, 6.07) is 8.17. The zero-order valence-corrected chi connectivity index (χ0v) is 30.8. The highest BCUT2D eigenvalue weighted by molar-refractivity contribution is 7.94. The van der Waals surface area contributed by atoms with Crippen LogP contribution in [0.25, 0.3) is 0 Å². The lowest BCUT2D eigenvalue weighted by molar-refractivity contribution is -0.457. The molecule has 21 heteroatoms. The Morgan fingerprint density at radius 2 is 1.64 bits per heavy atom. The first-order valence-electron chi connectivity index (χ1n) is 17.2. The van der Waals surface area contributed by atoms with Gasteiger partial charge in [0.05, 0.1) is 6.61 Å². The van der Waals surface area contributed by atoms with Gasteiger partial charge in [-0.05, 0) is 29.5 Å². The van der Waals surface area contributed by atoms with Crippen molar-refractivity contribution in [1.29, 1.82) is 0 Å². The van der Waals surface area contributed by atoms with Gasteiger partial charge in [0.2, 0.25) is 5.91 Å². The Morgan fingerprint density at radius 3 is 2.34 bits per heavy atom. The molecule has 2 unspecified atom stereocenters. The smallest absolute Gasteiger partial charge is 0.356 e. The molecule has 1 amide bonds. The van der Waals surface area contributed by atoms with Gasteiger partial charge in [-0.2, -0.15) is 30.9 Å². The summed E-state index contributed by atoms with van der Waals surface area (Å²) < 4.78 is 182. The highest BCUT2D eigenvalue weighted by Crippen LogP contribution is 2.51. The predicted molar refractivity (Wildman–Crippen MR) is 180 cm³/mol. The second-order valence-electron chi connectivity index (χ2n) is 12.4. The zero-order chi connectivity index (χ0) is 41.2. The van der Waals surface area contributed by atoms with Gasteiger partial charge in [0, 0.05) is 38.7 Å². The van der Waals surface area contributed by atoms with Crippen LogP contribution in [0.15, 0.2) is 78.4 Å². The lowest BCUT2D eigenvalue weighted by Gasteiger charge is -2.47. The Kier molecular flexibility index (Phi) is 15.9. The van der Waals surface area contributed by atoms with E-state index in [-0.39, 0.29) is 19.8 Å². The zero-order valence-electron chi connectivity index (χ0n) is 30.0. The molecule has 3 aliphatic rings. The lowest BCUT2D eigenvalue weighted by atomic mass is 9.97. The van der Waals surface area contributed by atoms with Gasteiger partial charge in [0.15, 0.2) is 18.7 Å². The minimum atomic E-state index is -6.86. The number of allylic oxidation sites excluding steroid dienone is 6. The molecule has 1 aromatic carbocycles. The number of halogens is 8. The van der Waals surface area contributed by atoms with Crippen molar-refractivity contribution in [2.45, 2.75) is 93.0 Å². The Morgan fingerprint density at radius 1 is 0.946 bits per heavy atom. The first-order valence-corrected chi connectivity index (χ1v) is 18.6. The fourth-order valence-electron chi connectivity index (χ4n) is 5.47. The molecule has 2 aliphatic heterocycles. The number of methoxy groups -OCH3 is 1. The Bertz CT molecular complexity index is 1610. The highest BCUT2D eigenvalue weighted by Gasteiger charge is 2.82. The number of benzene rings is 1. The van der Waals surface area contributed by atoms with E-state index >= 15 is 8.78 Å². The molecule has 2 N–H and O–H groups in total. The van der Waals surface area contributed by atoms with Crippen LogP contribution in [0.3, 0.4) is 0 Å². The van der Waals surface area contributed by atoms with Crippen molar-refractivity contribution in [1.82, 2.24) is 5.32 Å². The summed E-state index contributed by atoms with van der Waals surface area (Å²) in [5, 5.41) is -4.12. The van der Waals surface area contributed by atoms with Crippen LogP contribution < -0.4 is 5.32 Å². The molecule has 4 rings (SSSR count). The van der Waals surface area contributed by atoms with Gasteiger partial charge in [-0.1, -0.05) is 72.9 Å². The molecular formula is C35H42F8NO11S+. The summed E-state index contributed by atoms with van der Waals surface area (Å²) in [6.45, 7) is 0.780. The van der Waals surface area contributed by atoms with Crippen molar-refractivity contribution < 1.29 is 86.0 Å². The predicted octanol–water partition coefficient (Wildman–Crippen LogP) is 6.84. The molecule has 2 heterocycles. The third kappa shape index (κ3) is 11.3. The van der Waals surface area contributed by atoms with Gasteiger partial charge >= 0.3 is 33.9 Å². The summed E-state index contributed by atoms with van der Waals surface area (Å²) >= 11 is 0. The van der Waals surface area contributed by atoms with Gasteiger partial charge in [0.25, 0.3) is 0 Å². The minimum absolute atomic E-state index is 0.0484. The molecular weight excluding hydrogens is 794 g/mol. The fraction of sp³-hybridized carbons (Fsp3) is 0.571. The maximum atomic E-state index is 15.2. The van der Waals surface area contributed by atoms with Crippen molar-refractivity contribution >= 4 is 16.4 Å². The largest absolute Gasteiger partial charge is 0.567 e. The molecule has 7 atom stereocenters. The molecule has 2 saturated heterocycles. The van der Waals surface area contributed by atoms with E-state index in [2.05, 4.69) is 14.2 Å². The van der Waals surface area contributed by atoms with E-state index in [0.717, 1.165) is 7.11 Å². The molecule has 2 fully saturated rings. The third-order valence-electron chi connectivity index (χ3n) is 8.42. The number of hydrogen-bond donors (Lipinski definition) is 2. The Labute approximate surface area is 318 Å². The van der Waals surface area contributed by atoms with Crippen LogP contribution in [0.1, 0.15) is 44.5 Å². The number of carbonyl (C=O) groups excluding carboxylic acids is 1. The van der Waals surface area contributed by atoms with Crippen LogP contribution in [0.2, 0.25) is 0 Å². The van der Waals surface area contributed by atoms with E-state index in [0.29, 0.717) is 11.1 Å². The van der Waals surface area contributed by atoms with Crippen LogP contribution in [-0.4, -0.2) is 98.2 Å². The monoisotopic (exact) mass is 836 g/mol. The fourth-order valence-corrected chi connectivity index (χ4v) is 6.43. The molecule has 12 nitrogen and oxygen atoms in total. The van der Waals surface area contributed by atoms with Gasteiger partial charge < -0.3 is 33.7 Å². The second kappa shape index (κ2) is 19.6. The summed E-state index contributed by atoms with van der Waals surface area (Å²) in [4.78, 5) is 12.1. The van der Waals surface area contributed by atoms with E-state index in [9.17, 15) is 39.9 Å². The molecule has 1 aromatic rings. The van der Waals surface area contributed by atoms with Crippen molar-refractivity contribution in [2.75, 3.05) is 33.7 Å². The third-order valence-corrected chi connectivity index (χ3v) is 9.79. The summed E-state index contributed by atoms with van der Waals surface area (Å²) in [6.07, 6.45) is -14.4. The Balaban J connectivity index is 1.42. The lowest BCUT2D eigenvalue weighted by Crippen LogP contribution is -2.66. The highest BCUT2D eigenvalue weighted by atomic mass is 32.3. The van der Waals surface area contributed by atoms with E-state index in [1.165, 1.54) is 0 Å². The number of ether oxygens (including phenoxy) is 7. The average molecular weight is 837 g/mol. The van der Waals surface area contributed by atoms with E-state index in [4.69, 9.17) is 28.4 Å². The molecule has 0 spiro atoms. The average Bonchev–Trinajstić information content (AvgIpc) is 3.13. The van der Waals surface area contributed by atoms with Gasteiger partial charge in [-0.25, -0.2) is 4.74 Å². The number of unbranched alkanes of at least 4 members (excludes halogenated alkanes) is 1. The molecule has 56 heavy (non-hydrogen) atoms. The number of fused-ring (bicyclic) bond motifs is 1. The van der Waals surface area contributed by atoms with Gasteiger partial charge in [-0.15, -0.1) is 13.0 Å². The Hall–Kier alpha value is -3.12. The van der Waals surface area contributed by atoms with Crippen LogP contribution in [-0.2, 0) is 56.8 Å². The van der Waals surface area contributed by atoms with Crippen LogP contribution in [0.4, 0.5) is 35.1 Å². The van der Waals surface area contributed by atoms with Gasteiger partial charge in [0.1, 0.15) is 25.1 Å². The first-order chi connectivity index (χ1) is 26.4. The van der Waals surface area contributed by atoms with Crippen molar-refractivity contribution in [3.8, 4) is 0 Å². The van der Waals surface area contributed by atoms with Crippen LogP contribution in [0, 0.1) is 0 Å². The molecule has 314 valence electrons. The number of rotatable bonds is 20. The standard InChI is InChI=1S/C35H41F8NO11S/c1-3-49-22-51-28-27-25(21-50-30(53-27)24-16-10-7-11-17-24)52-31(48-2)29(28)54-56(46,47)35(42,43)34(40,41)55-33(38,39)32(36,37)19-13-12-18-26(45)44-20-23-14-8-5-4-6-9-15-23/h4-11,14-17,25,27-31H,3,12-13,18-22H2,1-2H3,(H-,44,45,46,47)/p+1/b5-4-,6-4?,8-5?,9-6-,14-8-,15-9?,23-14?,23-15+/t25-,27-,28+,29+,30?,31-/m1/s1. The topological polar surface area (TPSA) is 140 Å². The maximum Gasteiger partial charge on any atom is 0.567 e. The number of carbonyl (C=O) groups is 1. The number of amides is 1. The summed E-state index contributed by atoms with van der Waals surface area (Å²) in [5.74, 6) is -6.16.